The van der Waals surface area contributed by atoms with Gasteiger partial charge in [0.15, 0.2) is 5.94 Å². The van der Waals surface area contributed by atoms with Crippen LogP contribution in [0.4, 0.5) is 0 Å². The van der Waals surface area contributed by atoms with Crippen molar-refractivity contribution in [1.82, 2.24) is 0 Å². The van der Waals surface area contributed by atoms with Crippen LogP contribution in [0.25, 0.3) is 0 Å². The fourth-order valence-electron chi connectivity index (χ4n) is 2.55. The molecule has 0 saturated carbocycles. The highest BCUT2D eigenvalue weighted by Gasteiger charge is 2.14. The van der Waals surface area contributed by atoms with Crippen molar-refractivity contribution in [3.8, 4) is 5.75 Å². The summed E-state index contributed by atoms with van der Waals surface area (Å²) in [4.78, 5) is 0. The zero-order chi connectivity index (χ0) is 21.2. The molecular weight excluding hydrogens is 392 g/mol. The van der Waals surface area contributed by atoms with Crippen LogP contribution in [0.5, 0.6) is 5.75 Å². The van der Waals surface area contributed by atoms with Gasteiger partial charge in [0.1, 0.15) is 12.4 Å². The van der Waals surface area contributed by atoms with E-state index in [2.05, 4.69) is 6.58 Å². The van der Waals surface area contributed by atoms with Gasteiger partial charge in [0.05, 0.1) is 19.3 Å². The third-order valence-electron chi connectivity index (χ3n) is 4.16. The van der Waals surface area contributed by atoms with Gasteiger partial charge in [0, 0.05) is 6.61 Å². The van der Waals surface area contributed by atoms with Crippen molar-refractivity contribution >= 4 is 10.1 Å². The minimum atomic E-state index is -3.67. The maximum absolute atomic E-state index is 11.9. The van der Waals surface area contributed by atoms with E-state index in [9.17, 15) is 8.42 Å². The number of hydrogen-bond acceptors (Lipinski definition) is 6. The minimum absolute atomic E-state index is 0.204. The number of rotatable bonds is 19. The van der Waals surface area contributed by atoms with Crippen LogP contribution in [-0.4, -0.2) is 46.9 Å². The van der Waals surface area contributed by atoms with Crippen LogP contribution in [0.3, 0.4) is 0 Å². The number of unbranched alkanes of at least 4 members (excludes halogenated alkanes) is 6. The van der Waals surface area contributed by atoms with E-state index >= 15 is 0 Å². The second-order valence-corrected chi connectivity index (χ2v) is 8.52. The quantitative estimate of drug-likeness (QED) is 0.181. The summed E-state index contributed by atoms with van der Waals surface area (Å²) in [6, 6.07) is 9.33. The lowest BCUT2D eigenvalue weighted by atomic mass is 10.1. The number of ether oxygens (including phenoxy) is 3. The number of hydrogen-bond donors (Lipinski definition) is 0. The first-order valence-electron chi connectivity index (χ1n) is 10.4. The summed E-state index contributed by atoms with van der Waals surface area (Å²) in [7, 11) is -3.67. The second kappa shape index (κ2) is 16.4. The Hall–Kier alpha value is -1.41. The van der Waals surface area contributed by atoms with E-state index in [1.54, 1.807) is 13.0 Å². The highest BCUT2D eigenvalue weighted by molar-refractivity contribution is 7.86. The van der Waals surface area contributed by atoms with Crippen molar-refractivity contribution in [1.29, 1.82) is 0 Å². The van der Waals surface area contributed by atoms with Crippen LogP contribution < -0.4 is 4.74 Å². The molecule has 0 bridgehead atoms. The van der Waals surface area contributed by atoms with Crippen molar-refractivity contribution < 1.29 is 26.8 Å². The normalized spacial score (nSPS) is 12.6. The van der Waals surface area contributed by atoms with E-state index in [1.165, 1.54) is 6.42 Å². The Bertz CT molecular complexity index is 617. The van der Waals surface area contributed by atoms with E-state index in [-0.39, 0.29) is 19.3 Å². The molecule has 1 aromatic rings. The number of benzene rings is 1. The average Bonchev–Trinajstić information content (AvgIpc) is 2.72. The Labute approximate surface area is 176 Å². The predicted molar refractivity (Wildman–Crippen MR) is 116 cm³/mol. The lowest BCUT2D eigenvalue weighted by molar-refractivity contribution is 0.0545. The molecule has 1 unspecified atom stereocenters. The molecule has 1 atom stereocenters. The summed E-state index contributed by atoms with van der Waals surface area (Å²) >= 11 is 0. The van der Waals surface area contributed by atoms with Crippen LogP contribution in [0.2, 0.25) is 0 Å². The molecular formula is C22H36O6S. The summed E-state index contributed by atoms with van der Waals surface area (Å²) in [5, 5.41) is 0. The molecule has 0 amide bonds. The van der Waals surface area contributed by atoms with Gasteiger partial charge in [-0.15, -0.1) is 6.58 Å². The molecule has 0 saturated heterocycles. The molecule has 0 N–H and O–H groups in total. The Morgan fingerprint density at radius 1 is 0.966 bits per heavy atom. The zero-order valence-corrected chi connectivity index (χ0v) is 18.4. The fraction of sp³-hybridized carbons (Fsp3) is 0.636. The smallest absolute Gasteiger partial charge is 0.291 e. The third-order valence-corrected chi connectivity index (χ3v) is 5.11. The van der Waals surface area contributed by atoms with Gasteiger partial charge in [-0.05, 0) is 31.9 Å². The van der Waals surface area contributed by atoms with E-state index in [0.717, 1.165) is 50.9 Å². The van der Waals surface area contributed by atoms with Gasteiger partial charge >= 0.3 is 0 Å². The average molecular weight is 429 g/mol. The van der Waals surface area contributed by atoms with Crippen molar-refractivity contribution in [2.75, 3.05) is 32.4 Å². The van der Waals surface area contributed by atoms with Gasteiger partial charge in [-0.1, -0.05) is 56.4 Å². The molecule has 0 spiro atoms. The van der Waals surface area contributed by atoms with Gasteiger partial charge in [0.2, 0.25) is 0 Å². The summed E-state index contributed by atoms with van der Waals surface area (Å²) in [5.74, 6) is 0.267. The molecule has 0 aliphatic carbocycles. The molecule has 6 nitrogen and oxygen atoms in total. The molecule has 0 fully saturated rings. The van der Waals surface area contributed by atoms with Crippen LogP contribution >= 0.6 is 0 Å². The highest BCUT2D eigenvalue weighted by atomic mass is 32.2. The van der Waals surface area contributed by atoms with Crippen LogP contribution in [0.1, 0.15) is 51.9 Å². The molecule has 0 heterocycles. The lowest BCUT2D eigenvalue weighted by Gasteiger charge is -2.14. The van der Waals surface area contributed by atoms with E-state index < -0.39 is 16.1 Å². The molecule has 7 heteroatoms. The summed E-state index contributed by atoms with van der Waals surface area (Å²) < 4.78 is 45.0. The van der Waals surface area contributed by atoms with Crippen LogP contribution in [-0.2, 0) is 23.8 Å². The molecule has 0 aromatic heterocycles. The first kappa shape index (κ1) is 25.6. The first-order valence-corrected chi connectivity index (χ1v) is 12.0. The topological polar surface area (TPSA) is 71.1 Å². The first-order chi connectivity index (χ1) is 14.0. The van der Waals surface area contributed by atoms with Crippen molar-refractivity contribution in [3.63, 3.8) is 0 Å². The van der Waals surface area contributed by atoms with E-state index in [4.69, 9.17) is 18.4 Å². The molecule has 0 aliphatic heterocycles. The Morgan fingerprint density at radius 2 is 1.59 bits per heavy atom. The van der Waals surface area contributed by atoms with Crippen molar-refractivity contribution in [2.45, 2.75) is 58.0 Å². The van der Waals surface area contributed by atoms with Gasteiger partial charge in [-0.2, -0.15) is 8.42 Å². The lowest BCUT2D eigenvalue weighted by Crippen LogP contribution is -2.23. The summed E-state index contributed by atoms with van der Waals surface area (Å²) in [6.07, 6.45) is 8.74. The SMILES string of the molecule is C=CCOCCCCCCCCCOS(=O)(=O)COC(C)COc1ccccc1. The van der Waals surface area contributed by atoms with Crippen LogP contribution in [0, 0.1) is 0 Å². The molecule has 1 aromatic carbocycles. The molecule has 166 valence electrons. The predicted octanol–water partition coefficient (Wildman–Crippen LogP) is 4.71. The highest BCUT2D eigenvalue weighted by Crippen LogP contribution is 2.10. The van der Waals surface area contributed by atoms with Crippen LogP contribution in [0.15, 0.2) is 43.0 Å². The summed E-state index contributed by atoms with van der Waals surface area (Å²) in [6.45, 7) is 7.27. The fourth-order valence-corrected chi connectivity index (χ4v) is 3.39. The molecule has 29 heavy (non-hydrogen) atoms. The van der Waals surface area contributed by atoms with Gasteiger partial charge in [-0.3, -0.25) is 4.18 Å². The molecule has 1 rings (SSSR count). The second-order valence-electron chi connectivity index (χ2n) is 6.94. The van der Waals surface area contributed by atoms with Gasteiger partial charge < -0.3 is 14.2 Å². The third kappa shape index (κ3) is 15.1. The van der Waals surface area contributed by atoms with Gasteiger partial charge in [0.25, 0.3) is 10.1 Å². The number of para-hydroxylation sites is 1. The zero-order valence-electron chi connectivity index (χ0n) is 17.6. The Kier molecular flexibility index (Phi) is 14.5. The minimum Gasteiger partial charge on any atom is -0.491 e. The summed E-state index contributed by atoms with van der Waals surface area (Å²) in [5.41, 5.74) is 0. The Balaban J connectivity index is 1.97. The molecule has 0 aliphatic rings. The monoisotopic (exact) mass is 428 g/mol. The van der Waals surface area contributed by atoms with E-state index in [0.29, 0.717) is 6.61 Å². The maximum atomic E-state index is 11.9. The maximum Gasteiger partial charge on any atom is 0.291 e. The Morgan fingerprint density at radius 3 is 2.24 bits per heavy atom. The van der Waals surface area contributed by atoms with E-state index in [1.807, 2.05) is 30.3 Å². The van der Waals surface area contributed by atoms with Gasteiger partial charge in [-0.25, -0.2) is 0 Å². The standard InChI is InChI=1S/C22H36O6S/c1-3-16-25-17-12-7-5-4-6-8-13-18-28-29(23,24)20-27-21(2)19-26-22-14-10-9-11-15-22/h3,9-11,14-15,21H,1,4-8,12-13,16-20H2,2H3. The largest absolute Gasteiger partial charge is 0.491 e. The molecule has 0 radical (unpaired) electrons. The van der Waals surface area contributed by atoms with Crippen molar-refractivity contribution in [2.24, 2.45) is 0 Å². The van der Waals surface area contributed by atoms with Crippen molar-refractivity contribution in [3.05, 3.63) is 43.0 Å².